The summed E-state index contributed by atoms with van der Waals surface area (Å²) in [6.45, 7) is 1.91. The van der Waals surface area contributed by atoms with Crippen molar-refractivity contribution in [1.29, 1.82) is 0 Å². The zero-order chi connectivity index (χ0) is 12.6. The summed E-state index contributed by atoms with van der Waals surface area (Å²) in [7, 11) is 0. The summed E-state index contributed by atoms with van der Waals surface area (Å²) < 4.78 is -3.03. The van der Waals surface area contributed by atoms with E-state index in [2.05, 4.69) is 0 Å². The van der Waals surface area contributed by atoms with E-state index in [1.165, 1.54) is 0 Å². The Morgan fingerprint density at radius 3 is 1.50 bits per heavy atom. The summed E-state index contributed by atoms with van der Waals surface area (Å²) in [5, 5.41) is 0. The highest BCUT2D eigenvalue weighted by atomic mass is 35.6. The van der Waals surface area contributed by atoms with Gasteiger partial charge < -0.3 is 0 Å². The second-order valence-electron chi connectivity index (χ2n) is 3.18. The molecule has 0 fully saturated rings. The lowest BCUT2D eigenvalue weighted by molar-refractivity contribution is 1.01. The molecule has 16 heavy (non-hydrogen) atoms. The van der Waals surface area contributed by atoms with Gasteiger partial charge in [0.15, 0.2) is 0 Å². The van der Waals surface area contributed by atoms with Gasteiger partial charge in [-0.3, -0.25) is 0 Å². The summed E-state index contributed by atoms with van der Waals surface area (Å²) in [6, 6.07) is 5.13. The summed E-state index contributed by atoms with van der Waals surface area (Å²) in [4.78, 5) is 0. The molecule has 1 aromatic rings. The lowest BCUT2D eigenvalue weighted by atomic mass is 10.0. The molecule has 0 aliphatic carbocycles. The minimum Gasteiger partial charge on any atom is -0.0784 e. The number of alkyl halides is 6. The highest BCUT2D eigenvalue weighted by Gasteiger charge is 2.32. The van der Waals surface area contributed by atoms with Crippen molar-refractivity contribution >= 4 is 69.6 Å². The molecule has 0 saturated heterocycles. The molecule has 0 nitrogen and oxygen atoms in total. The molecule has 0 aliphatic rings. The first-order valence-electron chi connectivity index (χ1n) is 4.44. The first-order valence-corrected chi connectivity index (χ1v) is 6.71. The van der Waals surface area contributed by atoms with E-state index in [1.807, 2.05) is 6.92 Å². The lowest BCUT2D eigenvalue weighted by Crippen LogP contribution is -2.12. The fourth-order valence-corrected chi connectivity index (χ4v) is 2.56. The van der Waals surface area contributed by atoms with Crippen LogP contribution < -0.4 is 0 Å². The van der Waals surface area contributed by atoms with Crippen LogP contribution in [0.15, 0.2) is 18.2 Å². The average molecular weight is 341 g/mol. The largest absolute Gasteiger partial charge is 0.216 e. The van der Waals surface area contributed by atoms with Crippen molar-refractivity contribution in [1.82, 2.24) is 0 Å². The van der Waals surface area contributed by atoms with Gasteiger partial charge in [-0.1, -0.05) is 94.7 Å². The Labute approximate surface area is 125 Å². The SMILES string of the molecule is CCc1c(C(Cl)(Cl)Cl)cccc1C(Cl)(Cl)Cl. The van der Waals surface area contributed by atoms with Gasteiger partial charge in [-0.2, -0.15) is 0 Å². The molecule has 90 valence electrons. The van der Waals surface area contributed by atoms with Crippen LogP contribution in [0, 0.1) is 0 Å². The zero-order valence-electron chi connectivity index (χ0n) is 8.21. The summed E-state index contributed by atoms with van der Waals surface area (Å²) in [6.07, 6.45) is 0.618. The van der Waals surface area contributed by atoms with E-state index in [4.69, 9.17) is 69.6 Å². The molecule has 0 N–H and O–H groups in total. The molecule has 0 bridgehead atoms. The molecule has 0 aliphatic heterocycles. The molecule has 0 saturated carbocycles. The quantitative estimate of drug-likeness (QED) is 0.558. The number of hydrogen-bond acceptors (Lipinski definition) is 0. The van der Waals surface area contributed by atoms with Crippen molar-refractivity contribution in [3.63, 3.8) is 0 Å². The van der Waals surface area contributed by atoms with Gasteiger partial charge in [0.05, 0.1) is 0 Å². The topological polar surface area (TPSA) is 0 Å². The van der Waals surface area contributed by atoms with Crippen LogP contribution in [0.5, 0.6) is 0 Å². The Kier molecular flexibility index (Phi) is 4.98. The molecule has 6 heteroatoms. The molecule has 0 radical (unpaired) electrons. The second-order valence-corrected chi connectivity index (χ2v) is 7.74. The van der Waals surface area contributed by atoms with E-state index in [9.17, 15) is 0 Å². The van der Waals surface area contributed by atoms with Crippen LogP contribution in [0.2, 0.25) is 0 Å². The van der Waals surface area contributed by atoms with E-state index >= 15 is 0 Å². The predicted octanol–water partition coefficient (Wildman–Crippen LogP) is 5.90. The van der Waals surface area contributed by atoms with Gasteiger partial charge in [0.1, 0.15) is 0 Å². The summed E-state index contributed by atoms with van der Waals surface area (Å²) in [5.74, 6) is 0. The van der Waals surface area contributed by atoms with E-state index in [0.717, 1.165) is 5.56 Å². The third-order valence-electron chi connectivity index (χ3n) is 2.14. The van der Waals surface area contributed by atoms with Gasteiger partial charge in [0, 0.05) is 11.1 Å². The van der Waals surface area contributed by atoms with Crippen molar-refractivity contribution in [2.24, 2.45) is 0 Å². The summed E-state index contributed by atoms with van der Waals surface area (Å²) in [5.41, 5.74) is 1.84. The van der Waals surface area contributed by atoms with Crippen LogP contribution in [0.4, 0.5) is 0 Å². The van der Waals surface area contributed by atoms with Gasteiger partial charge >= 0.3 is 0 Å². The van der Waals surface area contributed by atoms with Crippen molar-refractivity contribution in [2.45, 2.75) is 20.9 Å². The van der Waals surface area contributed by atoms with Crippen LogP contribution in [0.25, 0.3) is 0 Å². The molecule has 0 atom stereocenters. The number of rotatable bonds is 1. The van der Waals surface area contributed by atoms with Crippen LogP contribution in [0.3, 0.4) is 0 Å². The van der Waals surface area contributed by atoms with Crippen LogP contribution in [-0.2, 0) is 14.0 Å². The maximum atomic E-state index is 5.87. The van der Waals surface area contributed by atoms with Gasteiger partial charge in [-0.25, -0.2) is 0 Å². The monoisotopic (exact) mass is 338 g/mol. The Bertz CT molecular complexity index is 342. The van der Waals surface area contributed by atoms with Gasteiger partial charge in [0.2, 0.25) is 7.59 Å². The fraction of sp³-hybridized carbons (Fsp3) is 0.400. The molecule has 0 unspecified atom stereocenters. The number of benzene rings is 1. The van der Waals surface area contributed by atoms with E-state index < -0.39 is 7.59 Å². The fourth-order valence-electron chi connectivity index (χ4n) is 1.50. The van der Waals surface area contributed by atoms with Crippen molar-refractivity contribution in [3.8, 4) is 0 Å². The molecule has 0 amide bonds. The normalized spacial score (nSPS) is 12.9. The Morgan fingerprint density at radius 1 is 0.875 bits per heavy atom. The predicted molar refractivity (Wildman–Crippen MR) is 74.3 cm³/mol. The molecule has 1 aromatic carbocycles. The van der Waals surface area contributed by atoms with Crippen molar-refractivity contribution < 1.29 is 0 Å². The number of halogens is 6. The lowest BCUT2D eigenvalue weighted by Gasteiger charge is -2.22. The minimum absolute atomic E-state index is 0.545. The van der Waals surface area contributed by atoms with Crippen molar-refractivity contribution in [3.05, 3.63) is 34.9 Å². The van der Waals surface area contributed by atoms with Crippen LogP contribution in [-0.4, -0.2) is 0 Å². The van der Waals surface area contributed by atoms with E-state index in [0.29, 0.717) is 17.5 Å². The average Bonchev–Trinajstić information content (AvgIpc) is 2.13. The smallest absolute Gasteiger partial charge is 0.0784 e. The molecule has 0 heterocycles. The highest BCUT2D eigenvalue weighted by molar-refractivity contribution is 6.67. The Morgan fingerprint density at radius 2 is 1.25 bits per heavy atom. The molecule has 0 spiro atoms. The standard InChI is InChI=1S/C10H8Cl6/c1-2-6-7(9(11,12)13)4-3-5-8(6)10(14,15)16/h3-5H,2H2,1H3. The third kappa shape index (κ3) is 3.48. The van der Waals surface area contributed by atoms with E-state index in [1.54, 1.807) is 18.2 Å². The highest BCUT2D eigenvalue weighted by Crippen LogP contribution is 2.46. The molecular weight excluding hydrogens is 333 g/mol. The van der Waals surface area contributed by atoms with Crippen LogP contribution >= 0.6 is 69.6 Å². The first kappa shape index (κ1) is 15.0. The zero-order valence-corrected chi connectivity index (χ0v) is 12.7. The van der Waals surface area contributed by atoms with Crippen molar-refractivity contribution in [2.75, 3.05) is 0 Å². The maximum Gasteiger partial charge on any atom is 0.216 e. The third-order valence-corrected chi connectivity index (χ3v) is 3.36. The molecule has 1 rings (SSSR count). The molecular formula is C10H8Cl6. The Balaban J connectivity index is 3.45. The molecule has 0 aromatic heterocycles. The van der Waals surface area contributed by atoms with Gasteiger partial charge in [-0.05, 0) is 12.0 Å². The maximum absolute atomic E-state index is 5.87. The number of hydrogen-bond donors (Lipinski definition) is 0. The van der Waals surface area contributed by atoms with E-state index in [-0.39, 0.29) is 0 Å². The summed E-state index contributed by atoms with van der Waals surface area (Å²) >= 11 is 35.2. The first-order chi connectivity index (χ1) is 7.18. The van der Waals surface area contributed by atoms with Gasteiger partial charge in [0.25, 0.3) is 0 Å². The minimum atomic E-state index is -1.52. The second kappa shape index (κ2) is 5.30. The van der Waals surface area contributed by atoms with Crippen LogP contribution in [0.1, 0.15) is 23.6 Å². The Hall–Kier alpha value is 0.960. The van der Waals surface area contributed by atoms with Gasteiger partial charge in [-0.15, -0.1) is 0 Å².